The van der Waals surface area contributed by atoms with Crippen LogP contribution in [0.25, 0.3) is 5.65 Å². The highest BCUT2D eigenvalue weighted by molar-refractivity contribution is 5.76. The van der Waals surface area contributed by atoms with Crippen molar-refractivity contribution in [1.82, 2.24) is 24.5 Å². The summed E-state index contributed by atoms with van der Waals surface area (Å²) in [4.78, 5) is 15.6. The van der Waals surface area contributed by atoms with Gasteiger partial charge >= 0.3 is 0 Å². The van der Waals surface area contributed by atoms with Gasteiger partial charge in [-0.3, -0.25) is 13.9 Å². The van der Waals surface area contributed by atoms with E-state index >= 15 is 0 Å². The molecule has 216 valence electrons. The van der Waals surface area contributed by atoms with Crippen LogP contribution in [-0.4, -0.2) is 39.0 Å². The van der Waals surface area contributed by atoms with E-state index in [1.165, 1.54) is 5.69 Å². The van der Waals surface area contributed by atoms with E-state index in [4.69, 9.17) is 5.26 Å². The van der Waals surface area contributed by atoms with Crippen molar-refractivity contribution in [3.8, 4) is 17.9 Å². The summed E-state index contributed by atoms with van der Waals surface area (Å²) in [5.74, 6) is 7.16. The third kappa shape index (κ3) is 6.59. The van der Waals surface area contributed by atoms with Crippen LogP contribution < -0.4 is 16.0 Å². The highest BCUT2D eigenvalue weighted by Gasteiger charge is 2.19. The zero-order valence-corrected chi connectivity index (χ0v) is 24.8. The van der Waals surface area contributed by atoms with Crippen molar-refractivity contribution in [2.75, 3.05) is 24.2 Å². The van der Waals surface area contributed by atoms with Crippen molar-refractivity contribution in [1.29, 1.82) is 5.26 Å². The molecule has 1 aliphatic rings. The largest absolute Gasteiger partial charge is 0.388 e. The van der Waals surface area contributed by atoms with Crippen LogP contribution in [0.4, 0.5) is 17.2 Å². The van der Waals surface area contributed by atoms with Crippen molar-refractivity contribution in [2.24, 2.45) is 0 Å². The molecule has 0 saturated heterocycles. The number of anilines is 3. The maximum atomic E-state index is 11.1. The fourth-order valence-corrected chi connectivity index (χ4v) is 4.70. The minimum absolute atomic E-state index is 0.410. The Morgan fingerprint density at radius 2 is 1.95 bits per heavy atom. The minimum atomic E-state index is -0.410. The lowest BCUT2D eigenvalue weighted by atomic mass is 9.86. The van der Waals surface area contributed by atoms with E-state index in [1.807, 2.05) is 85.6 Å². The number of aryl methyl sites for hydroxylation is 1. The van der Waals surface area contributed by atoms with Crippen LogP contribution in [0.3, 0.4) is 0 Å². The Morgan fingerprint density at radius 3 is 2.72 bits per heavy atom. The second kappa shape index (κ2) is 12.6. The summed E-state index contributed by atoms with van der Waals surface area (Å²) in [6.45, 7) is 8.45. The van der Waals surface area contributed by atoms with E-state index in [9.17, 15) is 4.79 Å². The lowest BCUT2D eigenvalue weighted by Crippen LogP contribution is -2.28. The molecule has 0 fully saturated rings. The van der Waals surface area contributed by atoms with E-state index in [0.717, 1.165) is 71.1 Å². The summed E-state index contributed by atoms with van der Waals surface area (Å²) >= 11 is 0. The summed E-state index contributed by atoms with van der Waals surface area (Å²) in [6.07, 6.45) is 4.53. The zero-order chi connectivity index (χ0) is 30.4. The van der Waals surface area contributed by atoms with Crippen molar-refractivity contribution < 1.29 is 4.79 Å². The third-order valence-corrected chi connectivity index (χ3v) is 7.34. The molecule has 0 saturated carbocycles. The smallest absolute Gasteiger partial charge is 0.161 e. The molecule has 0 bridgehead atoms. The molecule has 3 aromatic heterocycles. The second-order valence-electron chi connectivity index (χ2n) is 10.8. The Kier molecular flexibility index (Phi) is 8.56. The fraction of sp³-hybridized carbons (Fsp3) is 0.235. The van der Waals surface area contributed by atoms with Crippen molar-refractivity contribution >= 4 is 29.1 Å². The summed E-state index contributed by atoms with van der Waals surface area (Å²) in [7, 11) is 1.87. The Bertz CT molecular complexity index is 1860. The summed E-state index contributed by atoms with van der Waals surface area (Å²) in [6, 6.07) is 21.7. The molecule has 9 nitrogen and oxygen atoms in total. The second-order valence-corrected chi connectivity index (χ2v) is 10.8. The summed E-state index contributed by atoms with van der Waals surface area (Å²) < 4.78 is 3.98. The molecule has 0 radical (unpaired) electrons. The number of hydrogen-bond donors (Lipinski definition) is 3. The average Bonchev–Trinajstić information content (AvgIpc) is 3.65. The normalized spacial score (nSPS) is 12.2. The van der Waals surface area contributed by atoms with Crippen LogP contribution in [0.2, 0.25) is 0 Å². The molecule has 9 heteroatoms. The Labute approximate surface area is 251 Å². The zero-order valence-electron chi connectivity index (χ0n) is 24.8. The van der Waals surface area contributed by atoms with Crippen molar-refractivity contribution in [3.63, 3.8) is 0 Å². The van der Waals surface area contributed by atoms with Gasteiger partial charge in [0.05, 0.1) is 35.6 Å². The number of carbonyl (C=O) groups excluding carboxylic acids is 1. The molecule has 43 heavy (non-hydrogen) atoms. The lowest BCUT2D eigenvalue weighted by Gasteiger charge is -2.16. The number of rotatable bonds is 5. The fourth-order valence-electron chi connectivity index (χ4n) is 4.70. The van der Waals surface area contributed by atoms with Gasteiger partial charge in [-0.15, -0.1) is 0 Å². The highest BCUT2D eigenvalue weighted by atomic mass is 16.1. The number of aromatic nitrogens is 4. The molecule has 2 aromatic carbocycles. The van der Waals surface area contributed by atoms with Crippen LogP contribution >= 0.6 is 0 Å². The van der Waals surface area contributed by atoms with Crippen molar-refractivity contribution in [3.05, 3.63) is 107 Å². The number of carbonyl (C=O) groups is 1. The number of nitrogens with one attached hydrogen (secondary N) is 3. The van der Waals surface area contributed by atoms with Gasteiger partial charge in [0.1, 0.15) is 12.0 Å². The number of hydrogen-bond acceptors (Lipinski definition) is 7. The van der Waals surface area contributed by atoms with Gasteiger partial charge in [0.2, 0.25) is 0 Å². The molecule has 0 atom stereocenters. The number of nitriles is 1. The van der Waals surface area contributed by atoms with Gasteiger partial charge in [-0.25, -0.2) is 4.98 Å². The number of nitrogens with zero attached hydrogens (tertiary/aromatic N) is 5. The predicted octanol–water partition coefficient (Wildman–Crippen LogP) is 5.43. The molecule has 4 heterocycles. The first-order chi connectivity index (χ1) is 20.8. The van der Waals surface area contributed by atoms with Gasteiger partial charge in [-0.2, -0.15) is 10.4 Å². The molecule has 3 N–H and O–H groups in total. The molecular weight excluding hydrogens is 536 g/mol. The molecule has 0 amide bonds. The SMILES string of the molecule is CNc1cccc(C(C)(C)C#N)c1.Cc1ccc(C=O)cc1C#Cc1cnc2c(Nc3cc4n(n3)CCNC4)cccn12. The van der Waals surface area contributed by atoms with Crippen LogP contribution in [0.1, 0.15) is 52.3 Å². The summed E-state index contributed by atoms with van der Waals surface area (Å²) in [5, 5.41) is 23.4. The monoisotopic (exact) mass is 570 g/mol. The van der Waals surface area contributed by atoms with Gasteiger partial charge in [0.15, 0.2) is 11.5 Å². The van der Waals surface area contributed by atoms with E-state index in [0.29, 0.717) is 5.56 Å². The lowest BCUT2D eigenvalue weighted by molar-refractivity contribution is 0.112. The minimum Gasteiger partial charge on any atom is -0.388 e. The number of fused-ring (bicyclic) bond motifs is 2. The van der Waals surface area contributed by atoms with Gasteiger partial charge < -0.3 is 16.0 Å². The average molecular weight is 571 g/mol. The van der Waals surface area contributed by atoms with E-state index in [2.05, 4.69) is 50.0 Å². The molecule has 1 aliphatic heterocycles. The molecular formula is C34H34N8O. The number of imidazole rings is 1. The number of pyridine rings is 1. The first-order valence-electron chi connectivity index (χ1n) is 14.1. The molecule has 5 aromatic rings. The van der Waals surface area contributed by atoms with E-state index in [-0.39, 0.29) is 0 Å². The van der Waals surface area contributed by atoms with Crippen LogP contribution in [0.5, 0.6) is 0 Å². The topological polar surface area (TPSA) is 112 Å². The highest BCUT2D eigenvalue weighted by Crippen LogP contribution is 2.25. The quantitative estimate of drug-likeness (QED) is 0.191. The first kappa shape index (κ1) is 29.1. The molecule has 0 unspecified atom stereocenters. The Morgan fingerprint density at radius 1 is 1.09 bits per heavy atom. The van der Waals surface area contributed by atoms with Gasteiger partial charge in [-0.1, -0.05) is 30.2 Å². The maximum absolute atomic E-state index is 11.1. The third-order valence-electron chi connectivity index (χ3n) is 7.34. The number of aldehydes is 1. The van der Waals surface area contributed by atoms with Gasteiger partial charge in [-0.05, 0) is 68.2 Å². The van der Waals surface area contributed by atoms with E-state index < -0.39 is 5.41 Å². The summed E-state index contributed by atoms with van der Waals surface area (Å²) in [5.41, 5.74) is 7.75. The maximum Gasteiger partial charge on any atom is 0.161 e. The first-order valence-corrected chi connectivity index (χ1v) is 14.1. The van der Waals surface area contributed by atoms with Crippen LogP contribution in [-0.2, 0) is 18.5 Å². The van der Waals surface area contributed by atoms with E-state index in [1.54, 1.807) is 18.3 Å². The van der Waals surface area contributed by atoms with Crippen LogP contribution in [0, 0.1) is 30.1 Å². The predicted molar refractivity (Wildman–Crippen MR) is 170 cm³/mol. The van der Waals surface area contributed by atoms with Crippen molar-refractivity contribution in [2.45, 2.75) is 39.3 Å². The standard InChI is InChI=1S/C23H20N6O.C11H14N2/c1-16-4-5-17(15-30)11-18(16)6-7-19-14-25-23-21(3-2-9-28(19)23)26-22-12-20-13-24-8-10-29(20)27-22;1-11(2,8-12)9-5-4-6-10(7-9)13-3/h2-5,9,11-12,14-15,24H,8,10,13H2,1H3,(H,26,27);4-7,13H,1-3H3. The van der Waals surface area contributed by atoms with Gasteiger partial charge in [0, 0.05) is 49.2 Å². The molecule has 0 aliphatic carbocycles. The number of benzene rings is 2. The Hall–Kier alpha value is -5.38. The molecule has 0 spiro atoms. The molecule has 6 rings (SSSR count). The Balaban J connectivity index is 0.000000239. The van der Waals surface area contributed by atoms with Gasteiger partial charge in [0.25, 0.3) is 0 Å². The van der Waals surface area contributed by atoms with Crippen LogP contribution in [0.15, 0.2) is 73.1 Å².